The summed E-state index contributed by atoms with van der Waals surface area (Å²) in [5.74, 6) is -1.29. The number of carbonyl (C=O) groups excluding carboxylic acids is 2. The molecule has 0 amide bonds. The monoisotopic (exact) mass is 248 g/mol. The second-order valence-corrected chi connectivity index (χ2v) is 3.63. The van der Waals surface area contributed by atoms with Crippen molar-refractivity contribution < 1.29 is 19.1 Å². The van der Waals surface area contributed by atoms with Crippen molar-refractivity contribution in [3.05, 3.63) is 29.5 Å². The number of esters is 2. The summed E-state index contributed by atoms with van der Waals surface area (Å²) >= 11 is 0. The van der Waals surface area contributed by atoms with Crippen molar-refractivity contribution in [1.29, 1.82) is 0 Å². The molecule has 2 aromatic rings. The normalized spacial score (nSPS) is 10.3. The molecule has 0 bridgehead atoms. The Balaban J connectivity index is 2.82. The van der Waals surface area contributed by atoms with E-state index in [9.17, 15) is 9.59 Å². The van der Waals surface area contributed by atoms with Crippen molar-refractivity contribution in [2.75, 3.05) is 20.0 Å². The summed E-state index contributed by atoms with van der Waals surface area (Å²) in [7, 11) is 2.47. The fourth-order valence-electron chi connectivity index (χ4n) is 1.84. The van der Waals surface area contributed by atoms with Gasteiger partial charge in [-0.15, -0.1) is 0 Å². The summed E-state index contributed by atoms with van der Waals surface area (Å²) < 4.78 is 9.29. The van der Waals surface area contributed by atoms with Crippen LogP contribution in [0.4, 0.5) is 5.69 Å². The standard InChI is InChI=1S/C12H12N2O4/c1-17-11(15)9-8-6(13)4-3-5-7(8)14-10(9)12(16)18-2/h3-5,14H,13H2,1-2H3. The Hall–Kier alpha value is -2.50. The maximum absolute atomic E-state index is 11.8. The Morgan fingerprint density at radius 1 is 1.17 bits per heavy atom. The number of benzene rings is 1. The molecule has 0 atom stereocenters. The van der Waals surface area contributed by atoms with Gasteiger partial charge in [-0.1, -0.05) is 6.07 Å². The van der Waals surface area contributed by atoms with Crippen molar-refractivity contribution in [3.8, 4) is 0 Å². The maximum atomic E-state index is 11.8. The quantitative estimate of drug-likeness (QED) is 0.617. The van der Waals surface area contributed by atoms with Crippen LogP contribution in [0, 0.1) is 0 Å². The van der Waals surface area contributed by atoms with Crippen LogP contribution in [0.3, 0.4) is 0 Å². The summed E-state index contributed by atoms with van der Waals surface area (Å²) in [5.41, 5.74) is 6.93. The predicted octanol–water partition coefficient (Wildman–Crippen LogP) is 1.32. The highest BCUT2D eigenvalue weighted by atomic mass is 16.5. The van der Waals surface area contributed by atoms with Crippen molar-refractivity contribution >= 4 is 28.5 Å². The molecular weight excluding hydrogens is 236 g/mol. The number of fused-ring (bicyclic) bond motifs is 1. The van der Waals surface area contributed by atoms with Gasteiger partial charge >= 0.3 is 11.9 Å². The number of nitrogen functional groups attached to an aromatic ring is 1. The Morgan fingerprint density at radius 3 is 2.44 bits per heavy atom. The van der Waals surface area contributed by atoms with Crippen molar-refractivity contribution in [1.82, 2.24) is 4.98 Å². The average Bonchev–Trinajstić information content (AvgIpc) is 2.77. The van der Waals surface area contributed by atoms with Gasteiger partial charge < -0.3 is 20.2 Å². The minimum Gasteiger partial charge on any atom is -0.465 e. The number of H-pyrrole nitrogens is 1. The van der Waals surface area contributed by atoms with Crippen LogP contribution in [-0.2, 0) is 9.47 Å². The lowest BCUT2D eigenvalue weighted by molar-refractivity contribution is 0.0553. The molecule has 1 aromatic heterocycles. The summed E-state index contributed by atoms with van der Waals surface area (Å²) in [4.78, 5) is 26.2. The topological polar surface area (TPSA) is 94.4 Å². The zero-order chi connectivity index (χ0) is 13.3. The second-order valence-electron chi connectivity index (χ2n) is 3.63. The zero-order valence-corrected chi connectivity index (χ0v) is 9.94. The number of hydrogen-bond donors (Lipinski definition) is 2. The van der Waals surface area contributed by atoms with Crippen LogP contribution in [0.2, 0.25) is 0 Å². The molecule has 0 aliphatic heterocycles. The highest BCUT2D eigenvalue weighted by molar-refractivity contribution is 6.15. The van der Waals surface area contributed by atoms with Crippen LogP contribution < -0.4 is 5.73 Å². The Morgan fingerprint density at radius 2 is 1.83 bits per heavy atom. The third-order valence-corrected chi connectivity index (χ3v) is 2.64. The molecule has 1 aromatic carbocycles. The van der Waals surface area contributed by atoms with E-state index in [4.69, 9.17) is 5.73 Å². The molecule has 3 N–H and O–H groups in total. The molecule has 94 valence electrons. The number of hydrogen-bond acceptors (Lipinski definition) is 5. The van der Waals surface area contributed by atoms with Gasteiger partial charge in [-0.3, -0.25) is 0 Å². The first kappa shape index (κ1) is 12.0. The van der Waals surface area contributed by atoms with E-state index in [2.05, 4.69) is 14.5 Å². The van der Waals surface area contributed by atoms with E-state index in [1.54, 1.807) is 18.2 Å². The van der Waals surface area contributed by atoms with Gasteiger partial charge in [0.05, 0.1) is 14.2 Å². The van der Waals surface area contributed by atoms with E-state index in [-0.39, 0.29) is 11.3 Å². The number of rotatable bonds is 2. The number of ether oxygens (including phenoxy) is 2. The molecule has 0 aliphatic rings. The Kier molecular flexibility index (Phi) is 2.93. The molecule has 6 nitrogen and oxygen atoms in total. The third kappa shape index (κ3) is 1.67. The number of aromatic amines is 1. The summed E-state index contributed by atoms with van der Waals surface area (Å²) in [6.07, 6.45) is 0. The molecule has 18 heavy (non-hydrogen) atoms. The second kappa shape index (κ2) is 4.40. The van der Waals surface area contributed by atoms with Gasteiger partial charge in [0.2, 0.25) is 0 Å². The molecule has 0 spiro atoms. The van der Waals surface area contributed by atoms with E-state index in [1.165, 1.54) is 14.2 Å². The molecule has 0 fully saturated rings. The fourth-order valence-corrected chi connectivity index (χ4v) is 1.84. The fraction of sp³-hybridized carbons (Fsp3) is 0.167. The van der Waals surface area contributed by atoms with E-state index in [1.807, 2.05) is 0 Å². The summed E-state index contributed by atoms with van der Waals surface area (Å²) in [6, 6.07) is 5.07. The van der Waals surface area contributed by atoms with Gasteiger partial charge in [-0.05, 0) is 12.1 Å². The smallest absolute Gasteiger partial charge is 0.355 e. The van der Waals surface area contributed by atoms with Crippen LogP contribution in [0.25, 0.3) is 10.9 Å². The number of anilines is 1. The molecule has 0 saturated heterocycles. The van der Waals surface area contributed by atoms with Gasteiger partial charge in [0.25, 0.3) is 0 Å². The third-order valence-electron chi connectivity index (χ3n) is 2.64. The highest BCUT2D eigenvalue weighted by Crippen LogP contribution is 2.28. The van der Waals surface area contributed by atoms with Gasteiger partial charge in [0.1, 0.15) is 11.3 Å². The largest absolute Gasteiger partial charge is 0.465 e. The first-order chi connectivity index (χ1) is 8.60. The van der Waals surface area contributed by atoms with Crippen molar-refractivity contribution in [3.63, 3.8) is 0 Å². The highest BCUT2D eigenvalue weighted by Gasteiger charge is 2.25. The number of nitrogens with two attached hydrogens (primary N) is 1. The number of nitrogens with one attached hydrogen (secondary N) is 1. The first-order valence-corrected chi connectivity index (χ1v) is 5.17. The van der Waals surface area contributed by atoms with Crippen LogP contribution in [0.15, 0.2) is 18.2 Å². The Bertz CT molecular complexity index is 630. The van der Waals surface area contributed by atoms with E-state index >= 15 is 0 Å². The zero-order valence-electron chi connectivity index (χ0n) is 9.94. The predicted molar refractivity (Wildman–Crippen MR) is 65.4 cm³/mol. The minimum absolute atomic E-state index is 0.0391. The SMILES string of the molecule is COC(=O)c1[nH]c2cccc(N)c2c1C(=O)OC. The van der Waals surface area contributed by atoms with Crippen LogP contribution in [0.1, 0.15) is 20.8 Å². The van der Waals surface area contributed by atoms with Crippen LogP contribution in [-0.4, -0.2) is 31.1 Å². The van der Waals surface area contributed by atoms with E-state index < -0.39 is 11.9 Å². The lowest BCUT2D eigenvalue weighted by atomic mass is 10.1. The van der Waals surface area contributed by atoms with E-state index in [0.29, 0.717) is 16.6 Å². The number of aromatic nitrogens is 1. The number of carbonyl (C=O) groups is 2. The molecule has 6 heteroatoms. The summed E-state index contributed by atoms with van der Waals surface area (Å²) in [6.45, 7) is 0. The molecule has 2 rings (SSSR count). The summed E-state index contributed by atoms with van der Waals surface area (Å²) in [5, 5.41) is 0.463. The van der Waals surface area contributed by atoms with E-state index in [0.717, 1.165) is 0 Å². The molecule has 0 unspecified atom stereocenters. The van der Waals surface area contributed by atoms with Gasteiger partial charge in [-0.2, -0.15) is 0 Å². The van der Waals surface area contributed by atoms with Crippen molar-refractivity contribution in [2.24, 2.45) is 0 Å². The van der Waals surface area contributed by atoms with Gasteiger partial charge in [-0.25, -0.2) is 9.59 Å². The van der Waals surface area contributed by atoms with Crippen LogP contribution in [0.5, 0.6) is 0 Å². The molecule has 0 saturated carbocycles. The molecule has 0 radical (unpaired) electrons. The first-order valence-electron chi connectivity index (χ1n) is 5.17. The minimum atomic E-state index is -0.647. The maximum Gasteiger partial charge on any atom is 0.355 e. The number of methoxy groups -OCH3 is 2. The molecule has 0 aliphatic carbocycles. The molecule has 1 heterocycles. The lowest BCUT2D eigenvalue weighted by Crippen LogP contribution is -2.11. The van der Waals surface area contributed by atoms with Gasteiger partial charge in [0, 0.05) is 16.6 Å². The Labute approximate surface area is 103 Å². The van der Waals surface area contributed by atoms with Crippen LogP contribution >= 0.6 is 0 Å². The average molecular weight is 248 g/mol. The molecular formula is C12H12N2O4. The lowest BCUT2D eigenvalue weighted by Gasteiger charge is -2.02. The van der Waals surface area contributed by atoms with Gasteiger partial charge in [0.15, 0.2) is 0 Å². The van der Waals surface area contributed by atoms with Crippen molar-refractivity contribution in [2.45, 2.75) is 0 Å².